The van der Waals surface area contributed by atoms with E-state index >= 15 is 0 Å². The molecule has 0 unspecified atom stereocenters. The van der Waals surface area contributed by atoms with Crippen LogP contribution in [0.1, 0.15) is 6.92 Å². The van der Waals surface area contributed by atoms with Crippen LogP contribution < -0.4 is 5.32 Å². The summed E-state index contributed by atoms with van der Waals surface area (Å²) in [6.45, 7) is 2.88. The number of esters is 1. The Bertz CT molecular complexity index is 202. The van der Waals surface area contributed by atoms with Gasteiger partial charge >= 0.3 is 5.97 Å². The third-order valence-electron chi connectivity index (χ3n) is 2.11. The topological polar surface area (TPSA) is 55.4 Å². The van der Waals surface area contributed by atoms with E-state index in [1.54, 1.807) is 0 Å². The van der Waals surface area contributed by atoms with Gasteiger partial charge in [0.25, 0.3) is 0 Å². The normalized spacial score (nSPS) is 30.0. The average molecular weight is 171 g/mol. The minimum absolute atomic E-state index is 0.0133. The quantitative estimate of drug-likeness (QED) is 0.430. The fourth-order valence-electron chi connectivity index (χ4n) is 1.33. The van der Waals surface area contributed by atoms with Crippen molar-refractivity contribution in [1.82, 2.24) is 5.32 Å². The van der Waals surface area contributed by atoms with Gasteiger partial charge in [-0.2, -0.15) is 0 Å². The molecule has 0 amide bonds. The molecule has 0 aromatic heterocycles. The van der Waals surface area contributed by atoms with Gasteiger partial charge in [-0.3, -0.25) is 9.59 Å². The summed E-state index contributed by atoms with van der Waals surface area (Å²) in [5, 5.41) is 3.01. The van der Waals surface area contributed by atoms with Crippen LogP contribution in [0.4, 0.5) is 0 Å². The van der Waals surface area contributed by atoms with E-state index in [9.17, 15) is 9.59 Å². The number of carbonyl (C=O) groups excluding carboxylic acids is 2. The van der Waals surface area contributed by atoms with Gasteiger partial charge in [-0.15, -0.1) is 0 Å². The molecular weight excluding hydrogens is 158 g/mol. The molecule has 0 saturated carbocycles. The van der Waals surface area contributed by atoms with Crippen molar-refractivity contribution < 1.29 is 14.3 Å². The highest BCUT2D eigenvalue weighted by molar-refractivity contribution is 6.00. The third kappa shape index (κ3) is 1.64. The van der Waals surface area contributed by atoms with Crippen molar-refractivity contribution in [2.75, 3.05) is 20.2 Å². The van der Waals surface area contributed by atoms with Crippen molar-refractivity contribution in [3.05, 3.63) is 0 Å². The zero-order chi connectivity index (χ0) is 9.14. The van der Waals surface area contributed by atoms with E-state index in [-0.39, 0.29) is 11.7 Å². The Hall–Kier alpha value is -0.900. The Morgan fingerprint density at radius 1 is 1.58 bits per heavy atom. The number of ether oxygens (including phenoxy) is 1. The zero-order valence-electron chi connectivity index (χ0n) is 7.29. The van der Waals surface area contributed by atoms with Crippen molar-refractivity contribution in [3.63, 3.8) is 0 Å². The van der Waals surface area contributed by atoms with E-state index in [4.69, 9.17) is 0 Å². The van der Waals surface area contributed by atoms with Crippen LogP contribution in [0.25, 0.3) is 0 Å². The maximum Gasteiger partial charge on any atom is 0.317 e. The average Bonchev–Trinajstić information content (AvgIpc) is 2.08. The maximum atomic E-state index is 11.4. The molecule has 0 radical (unpaired) electrons. The number of ketones is 1. The lowest BCUT2D eigenvalue weighted by atomic mass is 9.90. The Kier molecular flexibility index (Phi) is 2.81. The molecule has 1 rings (SSSR count). The molecule has 2 atom stereocenters. The fourth-order valence-corrected chi connectivity index (χ4v) is 1.33. The second kappa shape index (κ2) is 3.67. The van der Waals surface area contributed by atoms with E-state index in [1.807, 2.05) is 6.92 Å². The standard InChI is InChI=1S/C8H13NO3/c1-5-3-9-4-6(7(5)10)8(11)12-2/h5-6,9H,3-4H2,1-2H3/t5-,6+/m1/s1. The molecule has 4 heteroatoms. The van der Waals surface area contributed by atoms with Crippen LogP contribution in [0.3, 0.4) is 0 Å². The predicted molar refractivity (Wildman–Crippen MR) is 42.5 cm³/mol. The first kappa shape index (κ1) is 9.19. The number of hydrogen-bond donors (Lipinski definition) is 1. The van der Waals surface area contributed by atoms with E-state index in [0.29, 0.717) is 13.1 Å². The first-order valence-corrected chi connectivity index (χ1v) is 3.99. The van der Waals surface area contributed by atoms with Crippen LogP contribution in [0.5, 0.6) is 0 Å². The van der Waals surface area contributed by atoms with E-state index in [2.05, 4.69) is 10.1 Å². The van der Waals surface area contributed by atoms with Gasteiger partial charge < -0.3 is 10.1 Å². The number of piperidine rings is 1. The molecule has 68 valence electrons. The number of hydrogen-bond acceptors (Lipinski definition) is 4. The molecule has 4 nitrogen and oxygen atoms in total. The fraction of sp³-hybridized carbons (Fsp3) is 0.750. The Morgan fingerprint density at radius 2 is 2.25 bits per heavy atom. The Morgan fingerprint density at radius 3 is 2.83 bits per heavy atom. The van der Waals surface area contributed by atoms with Crippen LogP contribution in [0.15, 0.2) is 0 Å². The zero-order valence-corrected chi connectivity index (χ0v) is 7.29. The van der Waals surface area contributed by atoms with Crippen LogP contribution in [-0.2, 0) is 14.3 Å². The van der Waals surface area contributed by atoms with Crippen molar-refractivity contribution in [1.29, 1.82) is 0 Å². The van der Waals surface area contributed by atoms with Crippen molar-refractivity contribution in [2.45, 2.75) is 6.92 Å². The molecule has 0 aliphatic carbocycles. The van der Waals surface area contributed by atoms with Gasteiger partial charge in [0.1, 0.15) is 5.92 Å². The van der Waals surface area contributed by atoms with E-state index in [1.165, 1.54) is 7.11 Å². The largest absolute Gasteiger partial charge is 0.468 e. The van der Waals surface area contributed by atoms with Crippen molar-refractivity contribution in [2.24, 2.45) is 11.8 Å². The summed E-state index contributed by atoms with van der Waals surface area (Å²) >= 11 is 0. The molecule has 1 heterocycles. The maximum absolute atomic E-state index is 11.4. The highest BCUT2D eigenvalue weighted by Gasteiger charge is 2.33. The summed E-state index contributed by atoms with van der Waals surface area (Å²) < 4.78 is 4.51. The van der Waals surface area contributed by atoms with Crippen LogP contribution in [0.2, 0.25) is 0 Å². The number of Topliss-reactive ketones (excluding diaryl/α,β-unsaturated/α-hetero) is 1. The Balaban J connectivity index is 2.64. The van der Waals surface area contributed by atoms with Gasteiger partial charge in [0.05, 0.1) is 7.11 Å². The molecule has 1 fully saturated rings. The smallest absolute Gasteiger partial charge is 0.317 e. The first-order valence-electron chi connectivity index (χ1n) is 3.99. The highest BCUT2D eigenvalue weighted by atomic mass is 16.5. The summed E-state index contributed by atoms with van der Waals surface area (Å²) in [7, 11) is 1.30. The first-order chi connectivity index (χ1) is 5.66. The second-order valence-corrected chi connectivity index (χ2v) is 3.04. The summed E-state index contributed by atoms with van der Waals surface area (Å²) in [6, 6.07) is 0. The summed E-state index contributed by atoms with van der Waals surface area (Å²) in [4.78, 5) is 22.4. The molecule has 1 saturated heterocycles. The molecule has 1 aliphatic heterocycles. The summed E-state index contributed by atoms with van der Waals surface area (Å²) in [5.41, 5.74) is 0. The minimum atomic E-state index is -0.598. The predicted octanol–water partition coefficient (Wildman–Crippen LogP) is -0.416. The molecule has 12 heavy (non-hydrogen) atoms. The Labute approximate surface area is 71.3 Å². The summed E-state index contributed by atoms with van der Waals surface area (Å²) in [6.07, 6.45) is 0. The van der Waals surface area contributed by atoms with Crippen LogP contribution in [-0.4, -0.2) is 32.0 Å². The van der Waals surface area contributed by atoms with Gasteiger partial charge in [0.15, 0.2) is 5.78 Å². The number of nitrogens with one attached hydrogen (secondary N) is 1. The van der Waals surface area contributed by atoms with Gasteiger partial charge in [-0.25, -0.2) is 0 Å². The molecule has 1 N–H and O–H groups in total. The molecule has 0 aromatic carbocycles. The lowest BCUT2D eigenvalue weighted by molar-refractivity contribution is -0.151. The molecule has 0 bridgehead atoms. The molecule has 0 spiro atoms. The van der Waals surface area contributed by atoms with Crippen LogP contribution >= 0.6 is 0 Å². The van der Waals surface area contributed by atoms with E-state index in [0.717, 1.165) is 0 Å². The molecule has 1 aliphatic rings. The van der Waals surface area contributed by atoms with E-state index < -0.39 is 11.9 Å². The monoisotopic (exact) mass is 171 g/mol. The van der Waals surface area contributed by atoms with Gasteiger partial charge in [-0.05, 0) is 0 Å². The third-order valence-corrected chi connectivity index (χ3v) is 2.11. The minimum Gasteiger partial charge on any atom is -0.468 e. The van der Waals surface area contributed by atoms with Gasteiger partial charge in [-0.1, -0.05) is 6.92 Å². The lowest BCUT2D eigenvalue weighted by Crippen LogP contribution is -2.46. The number of rotatable bonds is 1. The molecular formula is C8H13NO3. The van der Waals surface area contributed by atoms with Crippen molar-refractivity contribution >= 4 is 11.8 Å². The number of carbonyl (C=O) groups is 2. The van der Waals surface area contributed by atoms with Gasteiger partial charge in [0, 0.05) is 19.0 Å². The summed E-state index contributed by atoms with van der Waals surface area (Å²) in [5.74, 6) is -1.12. The SMILES string of the molecule is COC(=O)[C@H]1CNC[C@@H](C)C1=O. The highest BCUT2D eigenvalue weighted by Crippen LogP contribution is 2.12. The van der Waals surface area contributed by atoms with Crippen LogP contribution in [0, 0.1) is 11.8 Å². The number of methoxy groups -OCH3 is 1. The lowest BCUT2D eigenvalue weighted by Gasteiger charge is -2.24. The second-order valence-electron chi connectivity index (χ2n) is 3.04. The van der Waals surface area contributed by atoms with Crippen molar-refractivity contribution in [3.8, 4) is 0 Å². The molecule has 0 aromatic rings. The van der Waals surface area contributed by atoms with Gasteiger partial charge in [0.2, 0.25) is 0 Å².